The standard InChI is InChI=1S/C13H17ClO2S/c1-2-13(15)4-3-9-17(16)10-11-5-7-12(14)8-6-11/h5-8H,2-4,9-10H2,1H3. The van der Waals surface area contributed by atoms with Crippen LogP contribution in [0.2, 0.25) is 5.02 Å². The molecule has 2 nitrogen and oxygen atoms in total. The summed E-state index contributed by atoms with van der Waals surface area (Å²) >= 11 is 5.77. The second-order valence-electron chi connectivity index (χ2n) is 3.91. The molecular weight excluding hydrogens is 256 g/mol. The van der Waals surface area contributed by atoms with Crippen LogP contribution in [0.4, 0.5) is 0 Å². The SMILES string of the molecule is CCC(=O)CCCS(=O)Cc1ccc(Cl)cc1. The average molecular weight is 273 g/mol. The molecule has 0 heterocycles. The third-order valence-electron chi connectivity index (χ3n) is 2.46. The number of carbonyl (C=O) groups excluding carboxylic acids is 1. The Balaban J connectivity index is 2.30. The van der Waals surface area contributed by atoms with Crippen molar-refractivity contribution in [3.63, 3.8) is 0 Å². The molecule has 0 saturated heterocycles. The summed E-state index contributed by atoms with van der Waals surface area (Å²) in [7, 11) is -0.891. The van der Waals surface area contributed by atoms with Crippen LogP contribution in [0.5, 0.6) is 0 Å². The van der Waals surface area contributed by atoms with Crippen LogP contribution >= 0.6 is 11.6 Å². The first-order chi connectivity index (χ1) is 8.11. The Morgan fingerprint density at radius 1 is 1.29 bits per heavy atom. The predicted molar refractivity (Wildman–Crippen MR) is 72.7 cm³/mol. The molecule has 0 aliphatic rings. The number of Topliss-reactive ketones (excluding diaryl/α,β-unsaturated/α-hetero) is 1. The van der Waals surface area contributed by atoms with Gasteiger partial charge in [0.1, 0.15) is 5.78 Å². The number of hydrogen-bond donors (Lipinski definition) is 0. The lowest BCUT2D eigenvalue weighted by molar-refractivity contribution is -0.118. The third kappa shape index (κ3) is 5.99. The zero-order chi connectivity index (χ0) is 12.7. The quantitative estimate of drug-likeness (QED) is 0.763. The molecule has 0 fully saturated rings. The minimum Gasteiger partial charge on any atom is -0.300 e. The minimum absolute atomic E-state index is 0.244. The van der Waals surface area contributed by atoms with Gasteiger partial charge in [-0.3, -0.25) is 9.00 Å². The van der Waals surface area contributed by atoms with Crippen LogP contribution in [0.15, 0.2) is 24.3 Å². The molecule has 1 rings (SSSR count). The first-order valence-electron chi connectivity index (χ1n) is 5.73. The first-order valence-corrected chi connectivity index (χ1v) is 7.59. The van der Waals surface area contributed by atoms with Crippen molar-refractivity contribution >= 4 is 28.2 Å². The first kappa shape index (κ1) is 14.4. The Labute approximate surface area is 110 Å². The summed E-state index contributed by atoms with van der Waals surface area (Å²) in [6.07, 6.45) is 1.83. The van der Waals surface area contributed by atoms with Gasteiger partial charge in [-0.05, 0) is 24.1 Å². The maximum atomic E-state index is 11.7. The van der Waals surface area contributed by atoms with Crippen LogP contribution in [0.3, 0.4) is 0 Å². The van der Waals surface area contributed by atoms with Gasteiger partial charge in [-0.15, -0.1) is 0 Å². The Kier molecular flexibility index (Phi) is 6.45. The minimum atomic E-state index is -0.891. The lowest BCUT2D eigenvalue weighted by atomic mass is 10.2. The van der Waals surface area contributed by atoms with Gasteiger partial charge in [-0.1, -0.05) is 30.7 Å². The van der Waals surface area contributed by atoms with E-state index in [1.54, 1.807) is 12.1 Å². The highest BCUT2D eigenvalue weighted by atomic mass is 35.5. The largest absolute Gasteiger partial charge is 0.300 e. The molecule has 0 radical (unpaired) electrons. The molecule has 0 bridgehead atoms. The van der Waals surface area contributed by atoms with Gasteiger partial charge in [0.05, 0.1) is 0 Å². The van der Waals surface area contributed by atoms with E-state index < -0.39 is 10.8 Å². The Morgan fingerprint density at radius 3 is 2.53 bits per heavy atom. The highest BCUT2D eigenvalue weighted by molar-refractivity contribution is 7.84. The third-order valence-corrected chi connectivity index (χ3v) is 4.11. The molecule has 1 aromatic rings. The fourth-order valence-corrected chi connectivity index (χ4v) is 2.75. The Hall–Kier alpha value is -0.670. The molecule has 0 aliphatic heterocycles. The van der Waals surface area contributed by atoms with Crippen LogP contribution in [0, 0.1) is 0 Å². The fraction of sp³-hybridized carbons (Fsp3) is 0.462. The van der Waals surface area contributed by atoms with Crippen LogP contribution < -0.4 is 0 Å². The van der Waals surface area contributed by atoms with E-state index in [1.165, 1.54) is 0 Å². The summed E-state index contributed by atoms with van der Waals surface area (Å²) < 4.78 is 11.7. The van der Waals surface area contributed by atoms with Crippen molar-refractivity contribution in [3.8, 4) is 0 Å². The summed E-state index contributed by atoms with van der Waals surface area (Å²) in [6.45, 7) is 1.85. The van der Waals surface area contributed by atoms with E-state index in [0.29, 0.717) is 35.8 Å². The van der Waals surface area contributed by atoms with Gasteiger partial charge in [-0.2, -0.15) is 0 Å². The van der Waals surface area contributed by atoms with E-state index in [9.17, 15) is 9.00 Å². The number of hydrogen-bond acceptors (Lipinski definition) is 2. The van der Waals surface area contributed by atoms with Gasteiger partial charge in [0.2, 0.25) is 0 Å². The van der Waals surface area contributed by atoms with E-state index in [-0.39, 0.29) is 5.78 Å². The molecule has 0 aliphatic carbocycles. The van der Waals surface area contributed by atoms with Gasteiger partial charge in [-0.25, -0.2) is 0 Å². The van der Waals surface area contributed by atoms with Gasteiger partial charge in [0.25, 0.3) is 0 Å². The summed E-state index contributed by atoms with van der Waals surface area (Å²) in [5.41, 5.74) is 1.02. The van der Waals surface area contributed by atoms with E-state index in [1.807, 2.05) is 19.1 Å². The normalized spacial score (nSPS) is 12.4. The van der Waals surface area contributed by atoms with E-state index >= 15 is 0 Å². The average Bonchev–Trinajstić information content (AvgIpc) is 2.32. The Bertz CT molecular complexity index is 387. The molecule has 0 amide bonds. The van der Waals surface area contributed by atoms with Crippen LogP contribution in [-0.4, -0.2) is 15.7 Å². The van der Waals surface area contributed by atoms with Crippen molar-refractivity contribution < 1.29 is 9.00 Å². The summed E-state index contributed by atoms with van der Waals surface area (Å²) in [5.74, 6) is 1.37. The van der Waals surface area contributed by atoms with Gasteiger partial charge in [0, 0.05) is 40.2 Å². The van der Waals surface area contributed by atoms with Gasteiger partial charge < -0.3 is 0 Å². The number of carbonyl (C=O) groups is 1. The molecule has 0 N–H and O–H groups in total. The second-order valence-corrected chi connectivity index (χ2v) is 5.92. The molecule has 0 aromatic heterocycles. The zero-order valence-corrected chi connectivity index (χ0v) is 11.5. The van der Waals surface area contributed by atoms with Crippen LogP contribution in [-0.2, 0) is 21.3 Å². The van der Waals surface area contributed by atoms with Crippen molar-refractivity contribution in [2.45, 2.75) is 31.9 Å². The summed E-state index contributed by atoms with van der Waals surface area (Å²) in [4.78, 5) is 11.1. The number of halogens is 1. The number of ketones is 1. The highest BCUT2D eigenvalue weighted by Crippen LogP contribution is 2.11. The Morgan fingerprint density at radius 2 is 1.94 bits per heavy atom. The zero-order valence-electron chi connectivity index (χ0n) is 9.95. The van der Waals surface area contributed by atoms with Crippen molar-refractivity contribution in [1.29, 1.82) is 0 Å². The van der Waals surface area contributed by atoms with Crippen LogP contribution in [0.25, 0.3) is 0 Å². The maximum Gasteiger partial charge on any atom is 0.132 e. The van der Waals surface area contributed by atoms with Gasteiger partial charge >= 0.3 is 0 Å². The topological polar surface area (TPSA) is 34.1 Å². The molecule has 0 spiro atoms. The van der Waals surface area contributed by atoms with E-state index in [2.05, 4.69) is 0 Å². The smallest absolute Gasteiger partial charge is 0.132 e. The number of benzene rings is 1. The monoisotopic (exact) mass is 272 g/mol. The predicted octanol–water partition coefficient (Wildman–Crippen LogP) is 3.35. The summed E-state index contributed by atoms with van der Waals surface area (Å²) in [6, 6.07) is 7.37. The van der Waals surface area contributed by atoms with E-state index in [0.717, 1.165) is 5.56 Å². The number of rotatable bonds is 7. The highest BCUT2D eigenvalue weighted by Gasteiger charge is 2.04. The molecular formula is C13H17ClO2S. The van der Waals surface area contributed by atoms with E-state index in [4.69, 9.17) is 11.6 Å². The molecule has 94 valence electrons. The van der Waals surface area contributed by atoms with Crippen molar-refractivity contribution in [2.75, 3.05) is 5.75 Å². The molecule has 1 aromatic carbocycles. The lowest BCUT2D eigenvalue weighted by Gasteiger charge is -2.02. The molecule has 17 heavy (non-hydrogen) atoms. The van der Waals surface area contributed by atoms with Crippen molar-refractivity contribution in [3.05, 3.63) is 34.9 Å². The second kappa shape index (κ2) is 7.62. The lowest BCUT2D eigenvalue weighted by Crippen LogP contribution is -2.04. The van der Waals surface area contributed by atoms with Crippen molar-refractivity contribution in [2.24, 2.45) is 0 Å². The molecule has 1 atom stereocenters. The molecule has 1 unspecified atom stereocenters. The van der Waals surface area contributed by atoms with Crippen molar-refractivity contribution in [1.82, 2.24) is 0 Å². The van der Waals surface area contributed by atoms with Gasteiger partial charge in [0.15, 0.2) is 0 Å². The maximum absolute atomic E-state index is 11.7. The fourth-order valence-electron chi connectivity index (χ4n) is 1.45. The summed E-state index contributed by atoms with van der Waals surface area (Å²) in [5, 5.41) is 0.688. The molecule has 4 heteroatoms. The van der Waals surface area contributed by atoms with Crippen LogP contribution in [0.1, 0.15) is 31.7 Å². The molecule has 0 saturated carbocycles.